The van der Waals surface area contributed by atoms with E-state index in [4.69, 9.17) is 16.2 Å². The third-order valence-electron chi connectivity index (χ3n) is 6.91. The Balaban J connectivity index is 0.00000484. The minimum absolute atomic E-state index is 0. The number of nitrogens with zero attached hydrogens (tertiary/aromatic N) is 2. The number of thiophene rings is 1. The molecular weight excluding hydrogens is 560 g/mol. The van der Waals surface area contributed by atoms with Crippen molar-refractivity contribution in [2.24, 2.45) is 16.5 Å². The van der Waals surface area contributed by atoms with Crippen LogP contribution < -0.4 is 16.2 Å². The molecule has 0 saturated carbocycles. The summed E-state index contributed by atoms with van der Waals surface area (Å²) in [6, 6.07) is 12.0. The lowest BCUT2D eigenvalue weighted by molar-refractivity contribution is -0.150. The maximum absolute atomic E-state index is 13.4. The Hall–Kier alpha value is -4.71. The number of fused-ring (bicyclic) bond motifs is 1. The van der Waals surface area contributed by atoms with Gasteiger partial charge in [-0.25, -0.2) is 19.4 Å². The van der Waals surface area contributed by atoms with Crippen LogP contribution in [0.15, 0.2) is 58.9 Å². The molecule has 0 radical (unpaired) electrons. The lowest BCUT2D eigenvalue weighted by atomic mass is 9.80. The second-order valence-electron chi connectivity index (χ2n) is 9.79. The fourth-order valence-corrected chi connectivity index (χ4v) is 5.56. The Labute approximate surface area is 247 Å². The maximum Gasteiger partial charge on any atom is 0.345 e. The molecule has 0 spiro atoms. The number of ether oxygens (including phenoxy) is 1. The molecule has 4 rings (SSSR count). The van der Waals surface area contributed by atoms with Gasteiger partial charge in [0.25, 0.3) is 0 Å². The van der Waals surface area contributed by atoms with Gasteiger partial charge < -0.3 is 31.3 Å². The molecule has 42 heavy (non-hydrogen) atoms. The lowest BCUT2D eigenvalue weighted by Crippen LogP contribution is -2.43. The van der Waals surface area contributed by atoms with Crippen LogP contribution in [-0.2, 0) is 22.6 Å². The number of guanidine groups is 1. The number of amides is 1. The van der Waals surface area contributed by atoms with Gasteiger partial charge in [-0.1, -0.05) is 13.5 Å². The van der Waals surface area contributed by atoms with Crippen LogP contribution in [0.5, 0.6) is 5.75 Å². The molecule has 12 heteroatoms. The first kappa shape index (κ1) is 31.8. The van der Waals surface area contributed by atoms with Gasteiger partial charge in [-0.15, -0.1) is 11.3 Å². The third-order valence-corrected chi connectivity index (χ3v) is 7.88. The van der Waals surface area contributed by atoms with Gasteiger partial charge >= 0.3 is 17.9 Å². The maximum atomic E-state index is 13.4. The molecule has 1 heterocycles. The van der Waals surface area contributed by atoms with Crippen LogP contribution in [0, 0.1) is 0 Å². The highest BCUT2D eigenvalue weighted by atomic mass is 32.1. The highest BCUT2D eigenvalue weighted by molar-refractivity contribution is 7.12. The first-order valence-corrected chi connectivity index (χ1v) is 13.8. The normalized spacial score (nSPS) is 14.5. The Morgan fingerprint density at radius 1 is 1.10 bits per heavy atom. The van der Waals surface area contributed by atoms with Crippen molar-refractivity contribution in [3.05, 3.63) is 81.0 Å². The molecule has 11 nitrogen and oxygen atoms in total. The minimum Gasteiger partial charge on any atom is -0.480 e. The smallest absolute Gasteiger partial charge is 0.345 e. The van der Waals surface area contributed by atoms with Gasteiger partial charge in [0.1, 0.15) is 16.7 Å². The number of carbonyl (C=O) groups excluding carboxylic acids is 2. The molecule has 222 valence electrons. The molecule has 0 bridgehead atoms. The quantitative estimate of drug-likeness (QED) is 0.113. The van der Waals surface area contributed by atoms with Crippen LogP contribution in [0.4, 0.5) is 5.69 Å². The summed E-state index contributed by atoms with van der Waals surface area (Å²) in [7, 11) is 0. The molecule has 0 saturated heterocycles. The molecule has 2 atom stereocenters. The number of nitrogens with two attached hydrogens (primary N) is 2. The number of aliphatic carboxylic acids is 1. The summed E-state index contributed by atoms with van der Waals surface area (Å²) in [5.41, 5.74) is 14.1. The fraction of sp³-hybridized carbons (Fsp3) is 0.300. The Morgan fingerprint density at radius 2 is 1.81 bits per heavy atom. The van der Waals surface area contributed by atoms with Gasteiger partial charge in [-0.3, -0.25) is 4.79 Å². The Kier molecular flexibility index (Phi) is 10.4. The van der Waals surface area contributed by atoms with Crippen molar-refractivity contribution in [3.63, 3.8) is 0 Å². The van der Waals surface area contributed by atoms with Crippen LogP contribution in [0.3, 0.4) is 0 Å². The predicted octanol–water partition coefficient (Wildman–Crippen LogP) is 4.52. The number of hydrogen-bond donors (Lipinski definition) is 4. The van der Waals surface area contributed by atoms with Gasteiger partial charge in [-0.05, 0) is 96.6 Å². The van der Waals surface area contributed by atoms with E-state index in [0.29, 0.717) is 22.6 Å². The van der Waals surface area contributed by atoms with Crippen molar-refractivity contribution in [1.29, 1.82) is 0 Å². The van der Waals surface area contributed by atoms with Crippen LogP contribution in [0.2, 0.25) is 0 Å². The molecular formula is C30H34N4O7S. The number of benzene rings is 2. The summed E-state index contributed by atoms with van der Waals surface area (Å²) in [6.45, 7) is 1.44. The zero-order valence-electron chi connectivity index (χ0n) is 22.3. The van der Waals surface area contributed by atoms with Gasteiger partial charge in [0.15, 0.2) is 5.96 Å². The van der Waals surface area contributed by atoms with E-state index in [1.807, 2.05) is 6.07 Å². The standard InChI is InChI=1S/C29H30N4O7S.CH4/c1-16(26(35)36)33(14-17-11-24(27(37)38)41-15-17)25(34)13-20-4-2-3-19-12-22(9-10-23(19)20)40-28(39)18-5-7-21(8-6-18)32-29(30)31;/h5-12,15-16,20H,2-4,13-14H2,1H3,(H,35,36)(H,37,38)(H4,30,31,32);1H4/t16-,20?;/m1./s1. The van der Waals surface area contributed by atoms with E-state index in [1.54, 1.807) is 41.8 Å². The van der Waals surface area contributed by atoms with Crippen LogP contribution in [0.25, 0.3) is 0 Å². The summed E-state index contributed by atoms with van der Waals surface area (Å²) in [6.07, 6.45) is 2.41. The molecule has 1 aliphatic rings. The van der Waals surface area contributed by atoms with Crippen molar-refractivity contribution in [3.8, 4) is 5.75 Å². The second-order valence-corrected chi connectivity index (χ2v) is 10.7. The van der Waals surface area contributed by atoms with E-state index < -0.39 is 23.9 Å². The number of hydrogen-bond acceptors (Lipinski definition) is 7. The summed E-state index contributed by atoms with van der Waals surface area (Å²) in [5.74, 6) is -2.94. The highest BCUT2D eigenvalue weighted by Crippen LogP contribution is 2.37. The summed E-state index contributed by atoms with van der Waals surface area (Å²) in [4.78, 5) is 54.4. The number of carboxylic acid groups (broad SMARTS) is 2. The number of aliphatic imine (C=N–C) groups is 1. The second kappa shape index (κ2) is 13.8. The summed E-state index contributed by atoms with van der Waals surface area (Å²) in [5, 5.41) is 20.5. The largest absolute Gasteiger partial charge is 0.480 e. The first-order chi connectivity index (χ1) is 19.5. The van der Waals surface area contributed by atoms with Gasteiger partial charge in [0.2, 0.25) is 5.91 Å². The minimum atomic E-state index is -1.14. The molecule has 0 fully saturated rings. The number of aromatic carboxylic acids is 1. The Morgan fingerprint density at radius 3 is 2.43 bits per heavy atom. The van der Waals surface area contributed by atoms with Gasteiger partial charge in [0, 0.05) is 13.0 Å². The fourth-order valence-electron chi connectivity index (χ4n) is 4.82. The summed E-state index contributed by atoms with van der Waals surface area (Å²) < 4.78 is 5.58. The number of esters is 1. The molecule has 1 unspecified atom stereocenters. The van der Waals surface area contributed by atoms with E-state index in [-0.39, 0.29) is 43.1 Å². The van der Waals surface area contributed by atoms with Crippen molar-refractivity contribution >= 4 is 46.8 Å². The number of aryl methyl sites for hydroxylation is 1. The molecule has 1 amide bonds. The number of carbonyl (C=O) groups is 4. The van der Waals surface area contributed by atoms with E-state index >= 15 is 0 Å². The van der Waals surface area contributed by atoms with Crippen molar-refractivity contribution < 1.29 is 34.1 Å². The topological polar surface area (TPSA) is 186 Å². The molecule has 6 N–H and O–H groups in total. The summed E-state index contributed by atoms with van der Waals surface area (Å²) >= 11 is 1.03. The molecule has 1 aliphatic carbocycles. The zero-order chi connectivity index (χ0) is 29.7. The van der Waals surface area contributed by atoms with E-state index in [0.717, 1.165) is 41.7 Å². The average Bonchev–Trinajstić information content (AvgIpc) is 3.40. The average molecular weight is 595 g/mol. The van der Waals surface area contributed by atoms with Gasteiger partial charge in [-0.2, -0.15) is 0 Å². The van der Waals surface area contributed by atoms with Crippen molar-refractivity contribution in [1.82, 2.24) is 4.90 Å². The van der Waals surface area contributed by atoms with Crippen LogP contribution in [0.1, 0.15) is 76.3 Å². The van der Waals surface area contributed by atoms with E-state index in [9.17, 15) is 29.4 Å². The molecule has 3 aromatic rings. The van der Waals surface area contributed by atoms with Crippen molar-refractivity contribution in [2.75, 3.05) is 0 Å². The SMILES string of the molecule is C.C[C@H](C(=O)O)N(Cc1csc(C(=O)O)c1)C(=O)CC1CCCc2cc(OC(=O)c3ccc(N=C(N)N)cc3)ccc21. The molecule has 1 aromatic heterocycles. The molecule has 0 aliphatic heterocycles. The number of carboxylic acids is 2. The first-order valence-electron chi connectivity index (χ1n) is 12.9. The third kappa shape index (κ3) is 7.72. The van der Waals surface area contributed by atoms with E-state index in [2.05, 4.69) is 4.99 Å². The highest BCUT2D eigenvalue weighted by Gasteiger charge is 2.30. The predicted molar refractivity (Wildman–Crippen MR) is 159 cm³/mol. The lowest BCUT2D eigenvalue weighted by Gasteiger charge is -2.30. The van der Waals surface area contributed by atoms with Crippen molar-refractivity contribution in [2.45, 2.75) is 58.5 Å². The number of rotatable bonds is 10. The van der Waals surface area contributed by atoms with E-state index in [1.165, 1.54) is 17.9 Å². The zero-order valence-corrected chi connectivity index (χ0v) is 23.1. The Bertz CT molecular complexity index is 1500. The van der Waals surface area contributed by atoms with Crippen LogP contribution >= 0.6 is 11.3 Å². The molecule has 2 aromatic carbocycles. The van der Waals surface area contributed by atoms with Crippen LogP contribution in [-0.4, -0.2) is 50.9 Å². The van der Waals surface area contributed by atoms with Gasteiger partial charge in [0.05, 0.1) is 11.3 Å². The monoisotopic (exact) mass is 594 g/mol.